The maximum absolute atomic E-state index is 15.1. The zero-order valence-corrected chi connectivity index (χ0v) is 41.8. The summed E-state index contributed by atoms with van der Waals surface area (Å²) in [6.07, 6.45) is 3.72. The Morgan fingerprint density at radius 2 is 1.60 bits per heavy atom. The van der Waals surface area contributed by atoms with Gasteiger partial charge in [-0.25, -0.2) is 9.78 Å². The third-order valence-corrected chi connectivity index (χ3v) is 13.5. The number of amides is 6. The van der Waals surface area contributed by atoms with Crippen LogP contribution in [0.5, 0.6) is 5.75 Å². The van der Waals surface area contributed by atoms with Crippen molar-refractivity contribution in [3.05, 3.63) is 113 Å². The number of rotatable bonds is 25. The second kappa shape index (κ2) is 26.0. The van der Waals surface area contributed by atoms with Crippen LogP contribution in [0.3, 0.4) is 0 Å². The van der Waals surface area contributed by atoms with Gasteiger partial charge in [0, 0.05) is 50.1 Å². The zero-order chi connectivity index (χ0) is 54.3. The first-order valence-corrected chi connectivity index (χ1v) is 24.8. The summed E-state index contributed by atoms with van der Waals surface area (Å²) < 4.78 is 0. The Labute approximate surface area is 433 Å². The number of imidazole rings is 1. The SMILES string of the molecule is CC[C@H](C)[C@@H](C(=O)N[C@@H](Cc1cnc[nH]1)C(=O)N1CCC[C@H]1C(=O)N[C@@H](Cc1ccccc1)C(=O)O)N1Cc2cc(NC(=O)[C@H](CCCN=C(N)N)NC(=O)[C@@H](N)CC(=O)O)ccc2[C@@H](Cc2ccc(O)cc2)C1=O. The Bertz CT molecular complexity index is 2700. The number of carbonyl (C=O) groups excluding carboxylic acids is 6. The van der Waals surface area contributed by atoms with Crippen molar-refractivity contribution >= 4 is 59.0 Å². The number of nitrogens with zero attached hydrogens (tertiary/aromatic N) is 4. The van der Waals surface area contributed by atoms with Gasteiger partial charge in [-0.05, 0) is 84.5 Å². The highest BCUT2D eigenvalue weighted by atomic mass is 16.4. The van der Waals surface area contributed by atoms with Gasteiger partial charge < -0.3 is 68.6 Å². The molecule has 2 aliphatic rings. The second-order valence-electron chi connectivity index (χ2n) is 19.0. The van der Waals surface area contributed by atoms with Crippen molar-refractivity contribution in [2.75, 3.05) is 18.4 Å². The lowest BCUT2D eigenvalue weighted by atomic mass is 9.82. The quantitative estimate of drug-likeness (QED) is 0.0251. The minimum Gasteiger partial charge on any atom is -0.508 e. The molecular formula is C52H66N12O11. The number of hydrogen-bond acceptors (Lipinski definition) is 12. The number of aromatic nitrogens is 2. The molecule has 75 heavy (non-hydrogen) atoms. The van der Waals surface area contributed by atoms with Crippen LogP contribution in [0.25, 0.3) is 0 Å². The molecule has 0 unspecified atom stereocenters. The molecule has 23 nitrogen and oxygen atoms in total. The monoisotopic (exact) mass is 1030 g/mol. The number of likely N-dealkylation sites (tertiary alicyclic amines) is 1. The minimum atomic E-state index is -1.45. The number of carboxylic acid groups (broad SMARTS) is 2. The van der Waals surface area contributed by atoms with Gasteiger partial charge in [-0.15, -0.1) is 0 Å². The number of aliphatic imine (C=N–C) groups is 1. The number of aliphatic carboxylic acids is 2. The van der Waals surface area contributed by atoms with Crippen LogP contribution >= 0.6 is 0 Å². The fourth-order valence-electron chi connectivity index (χ4n) is 9.44. The van der Waals surface area contributed by atoms with Crippen molar-refractivity contribution in [2.45, 2.75) is 120 Å². The molecular weight excluding hydrogens is 969 g/mol. The third-order valence-electron chi connectivity index (χ3n) is 13.5. The van der Waals surface area contributed by atoms with E-state index in [1.54, 1.807) is 60.7 Å². The highest BCUT2D eigenvalue weighted by Crippen LogP contribution is 2.37. The van der Waals surface area contributed by atoms with E-state index < -0.39 is 102 Å². The van der Waals surface area contributed by atoms with Crippen LogP contribution in [0, 0.1) is 5.92 Å². The first-order chi connectivity index (χ1) is 35.8. The highest BCUT2D eigenvalue weighted by Gasteiger charge is 2.44. The fraction of sp³-hybridized carbons (Fsp3) is 0.423. The van der Waals surface area contributed by atoms with E-state index in [4.69, 9.17) is 17.2 Å². The molecule has 400 valence electrons. The predicted octanol–water partition coefficient (Wildman–Crippen LogP) is 1.01. The third kappa shape index (κ3) is 15.1. The standard InChI is InChI=1S/C52H66N12O11/c1-3-29(2)44(48(71)61-40(24-34-26-56-28-58-34)50(73)63-20-8-12-42(63)47(70)62-41(51(74)75)22-30-9-5-4-6-10-30)64-27-32-23-33(15-18-36(32)37(49(64)72)21-31-13-16-35(65)17-14-31)59-46(69)39(11-7-19-57-52(54)55)60-45(68)38(53)25-43(66)67/h4-6,9-10,13-18,23,26,28-29,37-42,44,65H,3,7-8,11-12,19-22,24-25,27,53H2,1-2H3,(H,56,58)(H,59,69)(H,60,68)(H,61,71)(H,62,70)(H,66,67)(H,74,75)(H4,54,55,57)/t29-,37+,38-,39-,40-,41-,42-,44-/m0/s1. The van der Waals surface area contributed by atoms with E-state index in [1.165, 1.54) is 34.5 Å². The lowest BCUT2D eigenvalue weighted by molar-refractivity contribution is -0.147. The molecule has 23 heteroatoms. The first-order valence-electron chi connectivity index (χ1n) is 24.8. The Morgan fingerprint density at radius 3 is 2.25 bits per heavy atom. The molecule has 4 aromatic rings. The van der Waals surface area contributed by atoms with Crippen LogP contribution < -0.4 is 38.5 Å². The van der Waals surface area contributed by atoms with Gasteiger partial charge >= 0.3 is 11.9 Å². The van der Waals surface area contributed by atoms with Crippen molar-refractivity contribution < 1.29 is 53.7 Å². The molecule has 1 fully saturated rings. The molecule has 2 aliphatic heterocycles. The number of fused-ring (bicyclic) bond motifs is 1. The highest BCUT2D eigenvalue weighted by molar-refractivity contribution is 5.99. The van der Waals surface area contributed by atoms with Gasteiger partial charge in [-0.1, -0.05) is 68.8 Å². The summed E-state index contributed by atoms with van der Waals surface area (Å²) in [6.45, 7) is 3.83. The molecule has 0 spiro atoms. The number of nitrogens with one attached hydrogen (secondary N) is 5. The van der Waals surface area contributed by atoms with E-state index in [2.05, 4.69) is 36.2 Å². The van der Waals surface area contributed by atoms with E-state index >= 15 is 9.59 Å². The minimum absolute atomic E-state index is 0.0135. The second-order valence-corrected chi connectivity index (χ2v) is 19.0. The van der Waals surface area contributed by atoms with Crippen LogP contribution in [0.1, 0.15) is 86.2 Å². The number of nitrogens with two attached hydrogens (primary N) is 3. The number of anilines is 1. The molecule has 0 radical (unpaired) electrons. The van der Waals surface area contributed by atoms with Crippen molar-refractivity contribution in [1.82, 2.24) is 35.7 Å². The van der Waals surface area contributed by atoms with Gasteiger partial charge in [-0.3, -0.25) is 38.6 Å². The zero-order valence-electron chi connectivity index (χ0n) is 41.8. The molecule has 0 saturated carbocycles. The number of phenols is 1. The summed E-state index contributed by atoms with van der Waals surface area (Å²) in [4.78, 5) is 123. The summed E-state index contributed by atoms with van der Waals surface area (Å²) in [5, 5.41) is 40.3. The molecule has 6 amide bonds. The molecule has 3 aromatic carbocycles. The average Bonchev–Trinajstić information content (AvgIpc) is 4.09. The average molecular weight is 1040 g/mol. The van der Waals surface area contributed by atoms with E-state index in [9.17, 15) is 44.1 Å². The number of guanidine groups is 1. The van der Waals surface area contributed by atoms with Crippen LogP contribution in [-0.2, 0) is 64.2 Å². The molecule has 8 atom stereocenters. The molecule has 6 rings (SSSR count). The van der Waals surface area contributed by atoms with E-state index in [-0.39, 0.29) is 75.6 Å². The van der Waals surface area contributed by atoms with Gasteiger partial charge in [0.05, 0.1) is 24.7 Å². The Hall–Kier alpha value is -8.34. The van der Waals surface area contributed by atoms with E-state index in [0.29, 0.717) is 40.8 Å². The summed E-state index contributed by atoms with van der Waals surface area (Å²) in [5.41, 5.74) is 20.1. The number of aromatic amines is 1. The number of hydrogen-bond donors (Lipinski definition) is 11. The van der Waals surface area contributed by atoms with Crippen LogP contribution in [0.4, 0.5) is 5.69 Å². The van der Waals surface area contributed by atoms with E-state index in [1.807, 2.05) is 13.8 Å². The van der Waals surface area contributed by atoms with Gasteiger partial charge in [0.15, 0.2) is 5.96 Å². The fourth-order valence-corrected chi connectivity index (χ4v) is 9.44. The maximum atomic E-state index is 15.1. The molecule has 0 bridgehead atoms. The summed E-state index contributed by atoms with van der Waals surface area (Å²) in [5.74, 6) is -7.89. The normalized spacial score (nSPS) is 17.5. The van der Waals surface area contributed by atoms with Crippen LogP contribution in [0.2, 0.25) is 0 Å². The summed E-state index contributed by atoms with van der Waals surface area (Å²) >= 11 is 0. The number of carboxylic acids is 2. The van der Waals surface area contributed by atoms with Crippen molar-refractivity contribution in [1.29, 1.82) is 0 Å². The number of benzene rings is 3. The first kappa shape index (κ1) is 56.0. The molecule has 1 saturated heterocycles. The van der Waals surface area contributed by atoms with Gasteiger partial charge in [-0.2, -0.15) is 0 Å². The topological polar surface area (TPSA) is 371 Å². The Kier molecular flexibility index (Phi) is 19.4. The molecule has 1 aromatic heterocycles. The van der Waals surface area contributed by atoms with Crippen molar-refractivity contribution in [3.8, 4) is 5.75 Å². The van der Waals surface area contributed by atoms with Gasteiger partial charge in [0.1, 0.15) is 36.0 Å². The van der Waals surface area contributed by atoms with Crippen molar-refractivity contribution in [2.24, 2.45) is 28.1 Å². The molecule has 3 heterocycles. The lowest BCUT2D eigenvalue weighted by Crippen LogP contribution is -2.60. The number of phenolic OH excluding ortho intramolecular Hbond substituents is 1. The smallest absolute Gasteiger partial charge is 0.326 e. The number of H-pyrrole nitrogens is 1. The predicted molar refractivity (Wildman–Crippen MR) is 274 cm³/mol. The van der Waals surface area contributed by atoms with Gasteiger partial charge in [0.25, 0.3) is 0 Å². The number of aromatic hydroxyl groups is 1. The van der Waals surface area contributed by atoms with Crippen molar-refractivity contribution in [3.63, 3.8) is 0 Å². The lowest BCUT2D eigenvalue weighted by Gasteiger charge is -2.41. The molecule has 0 aliphatic carbocycles. The van der Waals surface area contributed by atoms with Crippen LogP contribution in [-0.4, -0.2) is 138 Å². The number of carbonyl (C=O) groups is 8. The van der Waals surface area contributed by atoms with E-state index in [0.717, 1.165) is 0 Å². The summed E-state index contributed by atoms with van der Waals surface area (Å²) in [7, 11) is 0. The van der Waals surface area contributed by atoms with Crippen LogP contribution in [0.15, 0.2) is 90.3 Å². The largest absolute Gasteiger partial charge is 0.508 e. The maximum Gasteiger partial charge on any atom is 0.326 e. The molecule has 14 N–H and O–H groups in total. The Morgan fingerprint density at radius 1 is 0.880 bits per heavy atom. The van der Waals surface area contributed by atoms with Gasteiger partial charge in [0.2, 0.25) is 35.4 Å². The Balaban J connectivity index is 1.29. The summed E-state index contributed by atoms with van der Waals surface area (Å²) in [6, 6.07) is 12.7.